The lowest BCUT2D eigenvalue weighted by Gasteiger charge is -2.39. The quantitative estimate of drug-likeness (QED) is 0.199. The van der Waals surface area contributed by atoms with Crippen LogP contribution in [0.1, 0.15) is 22.3 Å². The van der Waals surface area contributed by atoms with Crippen molar-refractivity contribution >= 4 is 32.6 Å². The van der Waals surface area contributed by atoms with Crippen molar-refractivity contribution in [3.8, 4) is 28.3 Å². The first-order valence-corrected chi connectivity index (χ1v) is 14.9. The normalized spacial score (nSPS) is 14.0. The maximum atomic E-state index is 6.84. The molecule has 1 aromatic heterocycles. The summed E-state index contributed by atoms with van der Waals surface area (Å²) < 4.78 is 9.30. The third-order valence-electron chi connectivity index (χ3n) is 9.63. The summed E-state index contributed by atoms with van der Waals surface area (Å²) in [6, 6.07) is 55.1. The van der Waals surface area contributed by atoms with Crippen LogP contribution in [0.5, 0.6) is 11.5 Å². The summed E-state index contributed by atoms with van der Waals surface area (Å²) in [7, 11) is 0. The molecule has 2 aliphatic rings. The van der Waals surface area contributed by atoms with Crippen LogP contribution in [0.2, 0.25) is 0 Å². The second kappa shape index (κ2) is 8.24. The molecule has 0 radical (unpaired) electrons. The number of benzene rings is 7. The zero-order valence-corrected chi connectivity index (χ0v) is 23.3. The highest BCUT2D eigenvalue weighted by Crippen LogP contribution is 2.62. The maximum absolute atomic E-state index is 6.84. The van der Waals surface area contributed by atoms with Gasteiger partial charge >= 0.3 is 0 Å². The lowest BCUT2D eigenvalue weighted by molar-refractivity contribution is 0.437. The molecule has 2 heterocycles. The summed E-state index contributed by atoms with van der Waals surface area (Å²) in [5, 5.41) is 4.90. The molecule has 0 atom stereocenters. The van der Waals surface area contributed by atoms with Gasteiger partial charge in [0.1, 0.15) is 11.5 Å². The molecule has 0 saturated heterocycles. The van der Waals surface area contributed by atoms with Crippen molar-refractivity contribution in [2.75, 3.05) is 0 Å². The molecule has 8 aromatic rings. The van der Waals surface area contributed by atoms with E-state index in [1.807, 2.05) is 0 Å². The van der Waals surface area contributed by atoms with E-state index in [9.17, 15) is 0 Å². The van der Waals surface area contributed by atoms with Gasteiger partial charge in [0, 0.05) is 33.0 Å². The van der Waals surface area contributed by atoms with Gasteiger partial charge in [-0.1, -0.05) is 121 Å². The summed E-state index contributed by atoms with van der Waals surface area (Å²) in [6.45, 7) is 0. The number of para-hydroxylation sites is 2. The standard InChI is InChI=1S/C41H25NO/c1-2-13-27(14-3-1)42-37-25-36-39(24-32(37)31-23-22-26-12-4-5-15-28(26)40(31)42)43-38-21-11-10-20-35(38)41(36)33-18-8-6-16-29(33)30-17-7-9-19-34(30)41/h1-25H. The van der Waals surface area contributed by atoms with Crippen molar-refractivity contribution in [2.45, 2.75) is 5.41 Å². The summed E-state index contributed by atoms with van der Waals surface area (Å²) >= 11 is 0. The lowest BCUT2D eigenvalue weighted by atomic mass is 9.66. The van der Waals surface area contributed by atoms with Gasteiger partial charge in [0.2, 0.25) is 0 Å². The molecule has 1 aliphatic carbocycles. The Kier molecular flexibility index (Phi) is 4.41. The fourth-order valence-corrected chi connectivity index (χ4v) is 7.97. The minimum absolute atomic E-state index is 0.494. The Bertz CT molecular complexity index is 2390. The first kappa shape index (κ1) is 23.0. The minimum Gasteiger partial charge on any atom is -0.457 e. The fourth-order valence-electron chi connectivity index (χ4n) is 7.97. The van der Waals surface area contributed by atoms with E-state index < -0.39 is 5.41 Å². The Morgan fingerprint density at radius 3 is 1.88 bits per heavy atom. The highest BCUT2D eigenvalue weighted by molar-refractivity contribution is 6.19. The van der Waals surface area contributed by atoms with Gasteiger partial charge in [-0.15, -0.1) is 0 Å². The van der Waals surface area contributed by atoms with Gasteiger partial charge in [-0.3, -0.25) is 0 Å². The predicted molar refractivity (Wildman–Crippen MR) is 176 cm³/mol. The molecule has 0 unspecified atom stereocenters. The van der Waals surface area contributed by atoms with Crippen LogP contribution in [0.15, 0.2) is 152 Å². The zero-order chi connectivity index (χ0) is 28.1. The van der Waals surface area contributed by atoms with Gasteiger partial charge in [0.25, 0.3) is 0 Å². The van der Waals surface area contributed by atoms with Crippen molar-refractivity contribution in [3.63, 3.8) is 0 Å². The molecule has 0 saturated carbocycles. The second-order valence-electron chi connectivity index (χ2n) is 11.7. The first-order valence-electron chi connectivity index (χ1n) is 14.9. The number of fused-ring (bicyclic) bond motifs is 14. The smallest absolute Gasteiger partial charge is 0.133 e. The Hall–Kier alpha value is -5.60. The van der Waals surface area contributed by atoms with E-state index in [1.54, 1.807) is 0 Å². The third-order valence-corrected chi connectivity index (χ3v) is 9.63. The Morgan fingerprint density at radius 2 is 1.09 bits per heavy atom. The first-order chi connectivity index (χ1) is 21.3. The number of rotatable bonds is 1. The summed E-state index contributed by atoms with van der Waals surface area (Å²) in [6.07, 6.45) is 0. The van der Waals surface area contributed by atoms with Crippen molar-refractivity contribution < 1.29 is 4.74 Å². The van der Waals surface area contributed by atoms with Crippen LogP contribution in [0.4, 0.5) is 0 Å². The molecule has 2 heteroatoms. The Morgan fingerprint density at radius 1 is 0.442 bits per heavy atom. The summed E-state index contributed by atoms with van der Waals surface area (Å²) in [5.74, 6) is 1.83. The zero-order valence-electron chi connectivity index (χ0n) is 23.3. The minimum atomic E-state index is -0.494. The average molecular weight is 548 g/mol. The van der Waals surface area contributed by atoms with Crippen LogP contribution in [0, 0.1) is 0 Å². The molecule has 1 spiro atoms. The van der Waals surface area contributed by atoms with E-state index in [0.717, 1.165) is 17.2 Å². The topological polar surface area (TPSA) is 14.2 Å². The van der Waals surface area contributed by atoms with Gasteiger partial charge in [-0.2, -0.15) is 0 Å². The van der Waals surface area contributed by atoms with Gasteiger partial charge in [-0.25, -0.2) is 0 Å². The van der Waals surface area contributed by atoms with Crippen LogP contribution in [-0.2, 0) is 5.41 Å². The molecule has 43 heavy (non-hydrogen) atoms. The molecule has 0 bridgehead atoms. The van der Waals surface area contributed by atoms with Gasteiger partial charge in [-0.05, 0) is 58.0 Å². The van der Waals surface area contributed by atoms with E-state index in [0.29, 0.717) is 0 Å². The lowest BCUT2D eigenvalue weighted by Crippen LogP contribution is -2.32. The second-order valence-corrected chi connectivity index (χ2v) is 11.7. The van der Waals surface area contributed by atoms with Crippen LogP contribution in [0.3, 0.4) is 0 Å². The van der Waals surface area contributed by atoms with Crippen LogP contribution >= 0.6 is 0 Å². The Labute approximate surface area is 249 Å². The molecule has 7 aromatic carbocycles. The largest absolute Gasteiger partial charge is 0.457 e. The molecule has 0 fully saturated rings. The van der Waals surface area contributed by atoms with E-state index in [1.165, 1.54) is 66.0 Å². The van der Waals surface area contributed by atoms with Gasteiger partial charge in [0.15, 0.2) is 0 Å². The summed E-state index contributed by atoms with van der Waals surface area (Å²) in [5.41, 5.74) is 10.6. The monoisotopic (exact) mass is 547 g/mol. The van der Waals surface area contributed by atoms with Gasteiger partial charge in [0.05, 0.1) is 16.4 Å². The van der Waals surface area contributed by atoms with Crippen molar-refractivity contribution in [1.29, 1.82) is 0 Å². The highest BCUT2D eigenvalue weighted by atomic mass is 16.5. The maximum Gasteiger partial charge on any atom is 0.133 e. The third kappa shape index (κ3) is 2.83. The highest BCUT2D eigenvalue weighted by Gasteiger charge is 2.51. The molecule has 2 nitrogen and oxygen atoms in total. The fraction of sp³-hybridized carbons (Fsp3) is 0.0244. The molecule has 200 valence electrons. The van der Waals surface area contributed by atoms with Crippen LogP contribution < -0.4 is 4.74 Å². The number of nitrogens with zero attached hydrogens (tertiary/aromatic N) is 1. The number of ether oxygens (including phenoxy) is 1. The number of hydrogen-bond acceptors (Lipinski definition) is 1. The molecule has 0 amide bonds. The molecule has 1 aliphatic heterocycles. The van der Waals surface area contributed by atoms with Gasteiger partial charge < -0.3 is 9.30 Å². The Balaban J connectivity index is 1.42. The molecular formula is C41H25NO. The SMILES string of the molecule is c1ccc(-n2c3cc4c(cc3c3ccc5ccccc5c32)Oc2ccccc2C42c3ccccc3-c3ccccc32)cc1. The number of aromatic nitrogens is 1. The van der Waals surface area contributed by atoms with E-state index in [2.05, 4.69) is 156 Å². The molecule has 0 N–H and O–H groups in total. The van der Waals surface area contributed by atoms with Crippen molar-refractivity contribution in [3.05, 3.63) is 174 Å². The average Bonchev–Trinajstić information content (AvgIpc) is 3.55. The van der Waals surface area contributed by atoms with E-state index >= 15 is 0 Å². The summed E-state index contributed by atoms with van der Waals surface area (Å²) in [4.78, 5) is 0. The van der Waals surface area contributed by atoms with Crippen molar-refractivity contribution in [1.82, 2.24) is 4.57 Å². The van der Waals surface area contributed by atoms with E-state index in [-0.39, 0.29) is 0 Å². The van der Waals surface area contributed by atoms with Crippen molar-refractivity contribution in [2.24, 2.45) is 0 Å². The number of hydrogen-bond donors (Lipinski definition) is 0. The predicted octanol–water partition coefficient (Wildman–Crippen LogP) is 10.4. The van der Waals surface area contributed by atoms with Crippen LogP contribution in [0.25, 0.3) is 49.4 Å². The molecule has 10 rings (SSSR count). The van der Waals surface area contributed by atoms with Crippen LogP contribution in [-0.4, -0.2) is 4.57 Å². The molecular weight excluding hydrogens is 522 g/mol. The van der Waals surface area contributed by atoms with E-state index in [4.69, 9.17) is 4.74 Å².